The molecule has 1 amide bonds. The van der Waals surface area contributed by atoms with Crippen LogP contribution in [0, 0.1) is 12.7 Å². The molecular weight excluding hydrogens is 373 g/mol. The SMILES string of the molecule is Cc1cnc(C(=O)N2CCCC(c3nccnc3Oc3cccc(F)c3)C2)cn1. The lowest BCUT2D eigenvalue weighted by molar-refractivity contribution is 0.0698. The fourth-order valence-electron chi connectivity index (χ4n) is 3.39. The molecule has 1 aromatic carbocycles. The normalized spacial score (nSPS) is 16.5. The van der Waals surface area contributed by atoms with Crippen molar-refractivity contribution in [1.29, 1.82) is 0 Å². The average Bonchev–Trinajstić information content (AvgIpc) is 2.74. The van der Waals surface area contributed by atoms with E-state index in [-0.39, 0.29) is 17.6 Å². The number of rotatable bonds is 4. The van der Waals surface area contributed by atoms with Gasteiger partial charge in [0.25, 0.3) is 5.91 Å². The van der Waals surface area contributed by atoms with Gasteiger partial charge in [0.05, 0.1) is 11.9 Å². The third-order valence-corrected chi connectivity index (χ3v) is 4.80. The molecule has 0 saturated carbocycles. The first kappa shape index (κ1) is 18.9. The van der Waals surface area contributed by atoms with Gasteiger partial charge in [-0.2, -0.15) is 0 Å². The summed E-state index contributed by atoms with van der Waals surface area (Å²) in [5, 5.41) is 0. The molecule has 8 heteroatoms. The number of ether oxygens (including phenoxy) is 1. The van der Waals surface area contributed by atoms with E-state index in [2.05, 4.69) is 19.9 Å². The van der Waals surface area contributed by atoms with Gasteiger partial charge in [0.15, 0.2) is 0 Å². The van der Waals surface area contributed by atoms with E-state index in [0.29, 0.717) is 36.1 Å². The number of aryl methyl sites for hydroxylation is 1. The van der Waals surface area contributed by atoms with Crippen LogP contribution in [-0.4, -0.2) is 43.8 Å². The monoisotopic (exact) mass is 393 g/mol. The van der Waals surface area contributed by atoms with E-state index < -0.39 is 0 Å². The van der Waals surface area contributed by atoms with Crippen molar-refractivity contribution in [1.82, 2.24) is 24.8 Å². The van der Waals surface area contributed by atoms with E-state index >= 15 is 0 Å². The number of halogens is 1. The summed E-state index contributed by atoms with van der Waals surface area (Å²) in [6.45, 7) is 2.95. The Labute approximate surface area is 167 Å². The first-order chi connectivity index (χ1) is 14.1. The van der Waals surface area contributed by atoms with Crippen molar-refractivity contribution in [2.24, 2.45) is 0 Å². The Balaban J connectivity index is 1.54. The molecule has 0 spiro atoms. The average molecular weight is 393 g/mol. The maximum atomic E-state index is 13.5. The highest BCUT2D eigenvalue weighted by atomic mass is 19.1. The molecule has 1 aliphatic rings. The number of likely N-dealkylation sites (tertiary alicyclic amines) is 1. The summed E-state index contributed by atoms with van der Waals surface area (Å²) in [6, 6.07) is 5.88. The molecule has 2 aromatic heterocycles. The highest BCUT2D eigenvalue weighted by Gasteiger charge is 2.29. The van der Waals surface area contributed by atoms with E-state index in [9.17, 15) is 9.18 Å². The summed E-state index contributed by atoms with van der Waals surface area (Å²) < 4.78 is 19.3. The van der Waals surface area contributed by atoms with Crippen molar-refractivity contribution in [2.45, 2.75) is 25.7 Å². The number of hydrogen-bond acceptors (Lipinski definition) is 6. The minimum atomic E-state index is -0.387. The number of piperidine rings is 1. The maximum Gasteiger partial charge on any atom is 0.274 e. The van der Waals surface area contributed by atoms with Crippen molar-refractivity contribution in [3.05, 3.63) is 72.0 Å². The second-order valence-electron chi connectivity index (χ2n) is 6.94. The van der Waals surface area contributed by atoms with E-state index in [1.165, 1.54) is 24.5 Å². The van der Waals surface area contributed by atoms with Crippen molar-refractivity contribution in [3.63, 3.8) is 0 Å². The number of hydrogen-bond donors (Lipinski definition) is 0. The van der Waals surface area contributed by atoms with Crippen molar-refractivity contribution >= 4 is 5.91 Å². The molecule has 0 bridgehead atoms. The second-order valence-corrected chi connectivity index (χ2v) is 6.94. The van der Waals surface area contributed by atoms with Crippen LogP contribution in [-0.2, 0) is 0 Å². The lowest BCUT2D eigenvalue weighted by Crippen LogP contribution is -2.39. The Morgan fingerprint density at radius 2 is 2.03 bits per heavy atom. The lowest BCUT2D eigenvalue weighted by Gasteiger charge is -2.32. The summed E-state index contributed by atoms with van der Waals surface area (Å²) in [5.74, 6) is 0.0987. The Bertz CT molecular complexity index is 1010. The third-order valence-electron chi connectivity index (χ3n) is 4.80. The molecular formula is C21H20FN5O2. The quantitative estimate of drug-likeness (QED) is 0.675. The zero-order chi connectivity index (χ0) is 20.2. The van der Waals surface area contributed by atoms with Crippen LogP contribution >= 0.6 is 0 Å². The number of carbonyl (C=O) groups is 1. The molecule has 4 rings (SSSR count). The van der Waals surface area contributed by atoms with Crippen LogP contribution in [0.5, 0.6) is 11.6 Å². The molecule has 3 heterocycles. The van der Waals surface area contributed by atoms with Gasteiger partial charge in [-0.3, -0.25) is 14.8 Å². The molecule has 1 saturated heterocycles. The minimum Gasteiger partial charge on any atom is -0.437 e. The summed E-state index contributed by atoms with van der Waals surface area (Å²) >= 11 is 0. The highest BCUT2D eigenvalue weighted by Crippen LogP contribution is 2.33. The summed E-state index contributed by atoms with van der Waals surface area (Å²) in [4.78, 5) is 31.7. The maximum absolute atomic E-state index is 13.5. The molecule has 1 atom stereocenters. The van der Waals surface area contributed by atoms with E-state index in [4.69, 9.17) is 4.74 Å². The molecule has 1 unspecified atom stereocenters. The molecule has 0 aliphatic carbocycles. The van der Waals surface area contributed by atoms with Gasteiger partial charge in [0.1, 0.15) is 23.0 Å². The predicted octanol–water partition coefficient (Wildman–Crippen LogP) is 3.53. The third kappa shape index (κ3) is 4.37. The van der Waals surface area contributed by atoms with Gasteiger partial charge >= 0.3 is 0 Å². The van der Waals surface area contributed by atoms with Crippen LogP contribution in [0.3, 0.4) is 0 Å². The number of aromatic nitrogens is 4. The standard InChI is InChI=1S/C21H20FN5O2/c1-14-11-26-18(12-25-14)21(28)27-9-3-4-15(13-27)19-20(24-8-7-23-19)29-17-6-2-5-16(22)10-17/h2,5-8,10-12,15H,3-4,9,13H2,1H3. The van der Waals surface area contributed by atoms with Gasteiger partial charge < -0.3 is 9.64 Å². The van der Waals surface area contributed by atoms with Crippen molar-refractivity contribution in [2.75, 3.05) is 13.1 Å². The van der Waals surface area contributed by atoms with Crippen LogP contribution in [0.4, 0.5) is 4.39 Å². The summed E-state index contributed by atoms with van der Waals surface area (Å²) in [5.41, 5.74) is 1.74. The van der Waals surface area contributed by atoms with Crippen LogP contribution < -0.4 is 4.74 Å². The van der Waals surface area contributed by atoms with Gasteiger partial charge in [0, 0.05) is 43.7 Å². The van der Waals surface area contributed by atoms with Gasteiger partial charge in [0.2, 0.25) is 5.88 Å². The molecule has 148 valence electrons. The molecule has 3 aromatic rings. The van der Waals surface area contributed by atoms with Gasteiger partial charge in [-0.15, -0.1) is 0 Å². The number of benzene rings is 1. The van der Waals surface area contributed by atoms with Crippen molar-refractivity contribution < 1.29 is 13.9 Å². The van der Waals surface area contributed by atoms with Crippen LogP contribution in [0.2, 0.25) is 0 Å². The molecule has 29 heavy (non-hydrogen) atoms. The first-order valence-electron chi connectivity index (χ1n) is 9.42. The highest BCUT2D eigenvalue weighted by molar-refractivity contribution is 5.92. The first-order valence-corrected chi connectivity index (χ1v) is 9.42. The van der Waals surface area contributed by atoms with E-state index in [1.807, 2.05) is 6.92 Å². The molecule has 1 aliphatic heterocycles. The number of amides is 1. The van der Waals surface area contributed by atoms with Crippen LogP contribution in [0.25, 0.3) is 0 Å². The molecule has 0 N–H and O–H groups in total. The van der Waals surface area contributed by atoms with E-state index in [0.717, 1.165) is 18.5 Å². The smallest absolute Gasteiger partial charge is 0.274 e. The molecule has 0 radical (unpaired) electrons. The topological polar surface area (TPSA) is 81.1 Å². The Morgan fingerprint density at radius 3 is 2.83 bits per heavy atom. The minimum absolute atomic E-state index is 0.0385. The van der Waals surface area contributed by atoms with Gasteiger partial charge in [-0.1, -0.05) is 6.07 Å². The zero-order valence-electron chi connectivity index (χ0n) is 16.0. The Hall–Kier alpha value is -3.42. The number of carbonyl (C=O) groups excluding carboxylic acids is 1. The van der Waals surface area contributed by atoms with Gasteiger partial charge in [-0.25, -0.2) is 14.4 Å². The predicted molar refractivity (Wildman–Crippen MR) is 103 cm³/mol. The fraction of sp³-hybridized carbons (Fsp3) is 0.286. The second kappa shape index (κ2) is 8.30. The Kier molecular flexibility index (Phi) is 5.41. The lowest BCUT2D eigenvalue weighted by atomic mass is 9.94. The summed E-state index contributed by atoms with van der Waals surface area (Å²) in [6.07, 6.45) is 7.89. The Morgan fingerprint density at radius 1 is 1.17 bits per heavy atom. The van der Waals surface area contributed by atoms with E-state index in [1.54, 1.807) is 29.4 Å². The van der Waals surface area contributed by atoms with Crippen LogP contribution in [0.15, 0.2) is 49.1 Å². The fourth-order valence-corrected chi connectivity index (χ4v) is 3.39. The number of nitrogens with zero attached hydrogens (tertiary/aromatic N) is 5. The zero-order valence-corrected chi connectivity index (χ0v) is 16.0. The molecule has 7 nitrogen and oxygen atoms in total. The largest absolute Gasteiger partial charge is 0.437 e. The van der Waals surface area contributed by atoms with Crippen LogP contribution in [0.1, 0.15) is 40.6 Å². The van der Waals surface area contributed by atoms with Crippen molar-refractivity contribution in [3.8, 4) is 11.6 Å². The van der Waals surface area contributed by atoms with Gasteiger partial charge in [-0.05, 0) is 31.9 Å². The summed E-state index contributed by atoms with van der Waals surface area (Å²) in [7, 11) is 0. The molecule has 1 fully saturated rings.